The van der Waals surface area contributed by atoms with Gasteiger partial charge in [0.15, 0.2) is 0 Å². The highest BCUT2D eigenvalue weighted by Crippen LogP contribution is 2.26. The fraction of sp³-hybridized carbons (Fsp3) is 0.333. The largest absolute Gasteiger partial charge is 0.481 e. The van der Waals surface area contributed by atoms with Gasteiger partial charge in [-0.15, -0.1) is 4.40 Å². The van der Waals surface area contributed by atoms with E-state index in [0.717, 1.165) is 0 Å². The molecule has 0 saturated carbocycles. The zero-order chi connectivity index (χ0) is 14.0. The lowest BCUT2D eigenvalue weighted by atomic mass is 10.2. The SMILES string of the molecule is CN(CCCC(=O)O)C1=NS(=O)(=O)c2ccccc21. The Kier molecular flexibility index (Phi) is 3.57. The van der Waals surface area contributed by atoms with Crippen LogP contribution in [0.3, 0.4) is 0 Å². The molecule has 1 aliphatic rings. The van der Waals surface area contributed by atoms with Gasteiger partial charge in [-0.3, -0.25) is 4.79 Å². The highest BCUT2D eigenvalue weighted by Gasteiger charge is 2.30. The Morgan fingerprint density at radius 1 is 1.37 bits per heavy atom. The number of amidine groups is 1. The van der Waals surface area contributed by atoms with Crippen molar-refractivity contribution in [3.05, 3.63) is 29.8 Å². The highest BCUT2D eigenvalue weighted by atomic mass is 32.2. The molecule has 2 rings (SSSR count). The monoisotopic (exact) mass is 282 g/mol. The van der Waals surface area contributed by atoms with Crippen molar-refractivity contribution in [2.24, 2.45) is 4.40 Å². The number of sulfonamides is 1. The number of nitrogens with zero attached hydrogens (tertiary/aromatic N) is 2. The Hall–Kier alpha value is -1.89. The minimum Gasteiger partial charge on any atom is -0.481 e. The van der Waals surface area contributed by atoms with E-state index in [0.29, 0.717) is 24.4 Å². The lowest BCUT2D eigenvalue weighted by molar-refractivity contribution is -0.137. The van der Waals surface area contributed by atoms with Crippen LogP contribution in [-0.4, -0.2) is 43.8 Å². The molecule has 1 heterocycles. The van der Waals surface area contributed by atoms with Crippen LogP contribution in [0.25, 0.3) is 0 Å². The van der Waals surface area contributed by atoms with Crippen molar-refractivity contribution >= 4 is 21.8 Å². The smallest absolute Gasteiger partial charge is 0.303 e. The normalized spacial score (nSPS) is 15.7. The predicted octanol–water partition coefficient (Wildman–Crippen LogP) is 0.932. The van der Waals surface area contributed by atoms with Gasteiger partial charge < -0.3 is 10.0 Å². The Bertz CT molecular complexity index is 637. The van der Waals surface area contributed by atoms with E-state index < -0.39 is 16.0 Å². The first kappa shape index (κ1) is 13.5. The number of hydrogen-bond donors (Lipinski definition) is 1. The molecular weight excluding hydrogens is 268 g/mol. The van der Waals surface area contributed by atoms with Gasteiger partial charge in [-0.05, 0) is 18.6 Å². The molecule has 0 aromatic heterocycles. The van der Waals surface area contributed by atoms with Crippen molar-refractivity contribution in [1.29, 1.82) is 0 Å². The minimum atomic E-state index is -3.61. The van der Waals surface area contributed by atoms with E-state index in [2.05, 4.69) is 4.40 Å². The van der Waals surface area contributed by atoms with Crippen LogP contribution in [0, 0.1) is 0 Å². The van der Waals surface area contributed by atoms with E-state index in [4.69, 9.17) is 5.11 Å². The van der Waals surface area contributed by atoms with Crippen LogP contribution in [0.2, 0.25) is 0 Å². The molecule has 6 nitrogen and oxygen atoms in total. The first-order valence-corrected chi connectivity index (χ1v) is 7.23. The number of carboxylic acids is 1. The summed E-state index contributed by atoms with van der Waals surface area (Å²) >= 11 is 0. The number of carbonyl (C=O) groups is 1. The molecule has 19 heavy (non-hydrogen) atoms. The average molecular weight is 282 g/mol. The third kappa shape index (κ3) is 2.76. The van der Waals surface area contributed by atoms with Crippen LogP contribution >= 0.6 is 0 Å². The van der Waals surface area contributed by atoms with Gasteiger partial charge in [0.25, 0.3) is 10.0 Å². The molecule has 1 N–H and O–H groups in total. The molecule has 0 bridgehead atoms. The van der Waals surface area contributed by atoms with Crippen molar-refractivity contribution in [3.63, 3.8) is 0 Å². The maximum absolute atomic E-state index is 11.8. The molecule has 0 atom stereocenters. The molecule has 1 aliphatic heterocycles. The number of fused-ring (bicyclic) bond motifs is 1. The number of carboxylic acid groups (broad SMARTS) is 1. The van der Waals surface area contributed by atoms with E-state index in [-0.39, 0.29) is 11.3 Å². The second-order valence-corrected chi connectivity index (χ2v) is 5.88. The molecule has 0 unspecified atom stereocenters. The third-order valence-corrected chi connectivity index (χ3v) is 4.18. The Morgan fingerprint density at radius 2 is 2.05 bits per heavy atom. The zero-order valence-electron chi connectivity index (χ0n) is 10.4. The van der Waals surface area contributed by atoms with E-state index in [1.807, 2.05) is 0 Å². The van der Waals surface area contributed by atoms with Gasteiger partial charge in [-0.25, -0.2) is 0 Å². The summed E-state index contributed by atoms with van der Waals surface area (Å²) in [5.74, 6) is -0.490. The quantitative estimate of drug-likeness (QED) is 0.887. The van der Waals surface area contributed by atoms with Crippen LogP contribution in [-0.2, 0) is 14.8 Å². The van der Waals surface area contributed by atoms with E-state index >= 15 is 0 Å². The highest BCUT2D eigenvalue weighted by molar-refractivity contribution is 7.90. The molecule has 0 radical (unpaired) electrons. The Balaban J connectivity index is 2.20. The fourth-order valence-corrected chi connectivity index (χ4v) is 3.19. The van der Waals surface area contributed by atoms with Gasteiger partial charge in [-0.2, -0.15) is 8.42 Å². The van der Waals surface area contributed by atoms with Crippen LogP contribution in [0.5, 0.6) is 0 Å². The van der Waals surface area contributed by atoms with Gasteiger partial charge in [0.05, 0.1) is 0 Å². The molecule has 0 fully saturated rings. The maximum Gasteiger partial charge on any atom is 0.303 e. The molecule has 102 valence electrons. The van der Waals surface area contributed by atoms with E-state index in [9.17, 15) is 13.2 Å². The van der Waals surface area contributed by atoms with E-state index in [1.54, 1.807) is 30.1 Å². The van der Waals surface area contributed by atoms with Crippen molar-refractivity contribution in [1.82, 2.24) is 4.90 Å². The van der Waals surface area contributed by atoms with Crippen molar-refractivity contribution < 1.29 is 18.3 Å². The van der Waals surface area contributed by atoms with E-state index in [1.165, 1.54) is 6.07 Å². The molecule has 0 saturated heterocycles. The van der Waals surface area contributed by atoms with Crippen LogP contribution < -0.4 is 0 Å². The lowest BCUT2D eigenvalue weighted by Gasteiger charge is -2.18. The summed E-state index contributed by atoms with van der Waals surface area (Å²) in [5, 5.41) is 8.59. The van der Waals surface area contributed by atoms with Crippen molar-refractivity contribution in [3.8, 4) is 0 Å². The number of aliphatic carboxylic acids is 1. The fourth-order valence-electron chi connectivity index (χ4n) is 1.94. The van der Waals surface area contributed by atoms with Gasteiger partial charge in [-0.1, -0.05) is 12.1 Å². The predicted molar refractivity (Wildman–Crippen MR) is 69.7 cm³/mol. The second-order valence-electron chi connectivity index (χ2n) is 4.30. The molecule has 1 aromatic rings. The van der Waals surface area contributed by atoms with Crippen molar-refractivity contribution in [2.75, 3.05) is 13.6 Å². The summed E-state index contributed by atoms with van der Waals surface area (Å²) in [5.41, 5.74) is 0.570. The van der Waals surface area contributed by atoms with Gasteiger partial charge in [0, 0.05) is 25.6 Å². The summed E-state index contributed by atoms with van der Waals surface area (Å²) in [7, 11) is -1.90. The number of benzene rings is 1. The summed E-state index contributed by atoms with van der Waals surface area (Å²) in [6.45, 7) is 0.439. The second kappa shape index (κ2) is 5.00. The Morgan fingerprint density at radius 3 is 2.74 bits per heavy atom. The van der Waals surface area contributed by atoms with Gasteiger partial charge in [0.2, 0.25) is 0 Å². The van der Waals surface area contributed by atoms with Gasteiger partial charge >= 0.3 is 5.97 Å². The molecule has 7 heteroatoms. The summed E-state index contributed by atoms with van der Waals surface area (Å²) < 4.78 is 27.4. The van der Waals surface area contributed by atoms with Crippen LogP contribution in [0.4, 0.5) is 0 Å². The first-order valence-electron chi connectivity index (χ1n) is 5.79. The molecule has 0 amide bonds. The maximum atomic E-state index is 11.8. The topological polar surface area (TPSA) is 87.0 Å². The van der Waals surface area contributed by atoms with Crippen LogP contribution in [0.1, 0.15) is 18.4 Å². The molecule has 1 aromatic carbocycles. The molecule has 0 aliphatic carbocycles. The number of rotatable bonds is 4. The summed E-state index contributed by atoms with van der Waals surface area (Å²) in [6.07, 6.45) is 0.485. The zero-order valence-corrected chi connectivity index (χ0v) is 11.2. The van der Waals surface area contributed by atoms with Crippen molar-refractivity contribution in [2.45, 2.75) is 17.7 Å². The van der Waals surface area contributed by atoms with Crippen LogP contribution in [0.15, 0.2) is 33.6 Å². The number of hydrogen-bond acceptors (Lipinski definition) is 4. The average Bonchev–Trinajstić information content (AvgIpc) is 2.62. The summed E-state index contributed by atoms with van der Waals surface area (Å²) in [6, 6.07) is 6.62. The Labute approximate surface area is 111 Å². The first-order chi connectivity index (χ1) is 8.92. The molecule has 0 spiro atoms. The minimum absolute atomic E-state index is 0.0476. The summed E-state index contributed by atoms with van der Waals surface area (Å²) in [4.78, 5) is 12.3. The standard InChI is InChI=1S/C12H14N2O4S/c1-14(8-4-7-11(15)16)12-9-5-2-3-6-10(9)19(17,18)13-12/h2-3,5-6H,4,7-8H2,1H3,(H,15,16). The molecular formula is C12H14N2O4S. The van der Waals surface area contributed by atoms with Gasteiger partial charge in [0.1, 0.15) is 10.7 Å². The lowest BCUT2D eigenvalue weighted by Crippen LogP contribution is -2.27. The third-order valence-electron chi connectivity index (χ3n) is 2.86.